The van der Waals surface area contributed by atoms with Crippen LogP contribution in [0.4, 0.5) is 5.82 Å². The smallest absolute Gasteiger partial charge is 0.292 e. The maximum Gasteiger partial charge on any atom is 0.292 e. The first kappa shape index (κ1) is 12.1. The predicted molar refractivity (Wildman–Crippen MR) is 69.2 cm³/mol. The number of aromatic amines is 1. The molecule has 0 radical (unpaired) electrons. The second kappa shape index (κ2) is 4.87. The van der Waals surface area contributed by atoms with Crippen LogP contribution in [0.3, 0.4) is 0 Å². The lowest BCUT2D eigenvalue weighted by molar-refractivity contribution is 0.411. The molecule has 0 aliphatic heterocycles. The average molecular weight is 246 g/mol. The second-order valence-corrected chi connectivity index (χ2v) is 3.67. The van der Waals surface area contributed by atoms with Crippen molar-refractivity contribution in [3.05, 3.63) is 34.5 Å². The third-order valence-electron chi connectivity index (χ3n) is 2.50. The molecule has 0 aliphatic rings. The number of nitrogens with two attached hydrogens (primary N) is 1. The highest BCUT2D eigenvalue weighted by atomic mass is 16.5. The Kier molecular flexibility index (Phi) is 3.27. The van der Waals surface area contributed by atoms with E-state index in [2.05, 4.69) is 15.0 Å². The van der Waals surface area contributed by atoms with E-state index in [0.29, 0.717) is 16.9 Å². The van der Waals surface area contributed by atoms with E-state index in [4.69, 9.17) is 10.5 Å². The van der Waals surface area contributed by atoms with Gasteiger partial charge in [0.25, 0.3) is 5.56 Å². The van der Waals surface area contributed by atoms with Crippen LogP contribution in [0.5, 0.6) is 5.75 Å². The second-order valence-electron chi connectivity index (χ2n) is 3.67. The number of fused-ring (bicyclic) bond motifs is 1. The number of aromatic nitrogens is 3. The number of hydrogen-bond donors (Lipinski definition) is 2. The summed E-state index contributed by atoms with van der Waals surface area (Å²) in [6.45, 7) is 3.88. The van der Waals surface area contributed by atoms with Crippen molar-refractivity contribution in [3.63, 3.8) is 0 Å². The molecule has 3 N–H and O–H groups in total. The summed E-state index contributed by atoms with van der Waals surface area (Å²) >= 11 is 0. The highest BCUT2D eigenvalue weighted by Crippen LogP contribution is 2.22. The fourth-order valence-electron chi connectivity index (χ4n) is 1.54. The van der Waals surface area contributed by atoms with Gasteiger partial charge in [-0.1, -0.05) is 6.92 Å². The third-order valence-corrected chi connectivity index (χ3v) is 2.50. The SMILES string of the molecule is C/C=C(\CC)Oc1ccnc2[nH]c(=O)c(N)nc12. The van der Waals surface area contributed by atoms with Crippen LogP contribution in [-0.4, -0.2) is 15.0 Å². The van der Waals surface area contributed by atoms with Gasteiger partial charge in [-0.05, 0) is 13.0 Å². The number of rotatable bonds is 3. The number of nitrogens with zero attached hydrogens (tertiary/aromatic N) is 2. The normalized spacial score (nSPS) is 11.8. The number of nitrogen functional groups attached to an aromatic ring is 1. The Balaban J connectivity index is 2.58. The highest BCUT2D eigenvalue weighted by molar-refractivity contribution is 5.78. The van der Waals surface area contributed by atoms with Gasteiger partial charge in [-0.15, -0.1) is 0 Å². The third kappa shape index (κ3) is 2.17. The van der Waals surface area contributed by atoms with Crippen molar-refractivity contribution in [1.82, 2.24) is 15.0 Å². The Labute approximate surface area is 104 Å². The number of pyridine rings is 1. The van der Waals surface area contributed by atoms with E-state index in [1.807, 2.05) is 19.9 Å². The Morgan fingerprint density at radius 2 is 2.39 bits per heavy atom. The summed E-state index contributed by atoms with van der Waals surface area (Å²) in [5.41, 5.74) is 5.85. The minimum atomic E-state index is -0.450. The Morgan fingerprint density at radius 3 is 3.06 bits per heavy atom. The van der Waals surface area contributed by atoms with E-state index in [0.717, 1.165) is 12.2 Å². The minimum absolute atomic E-state index is 0.0983. The molecule has 0 bridgehead atoms. The molecular weight excluding hydrogens is 232 g/mol. The number of anilines is 1. The van der Waals surface area contributed by atoms with Crippen LogP contribution in [0.15, 0.2) is 28.9 Å². The van der Waals surface area contributed by atoms with Crippen LogP contribution in [0.1, 0.15) is 20.3 Å². The Morgan fingerprint density at radius 1 is 1.61 bits per heavy atom. The zero-order valence-electron chi connectivity index (χ0n) is 10.2. The molecule has 2 heterocycles. The van der Waals surface area contributed by atoms with E-state index in [1.165, 1.54) is 0 Å². The summed E-state index contributed by atoms with van der Waals surface area (Å²) in [7, 11) is 0. The molecule has 0 unspecified atom stereocenters. The van der Waals surface area contributed by atoms with Crippen LogP contribution in [0.25, 0.3) is 11.2 Å². The molecule has 0 fully saturated rings. The maximum atomic E-state index is 11.3. The molecular formula is C12H14N4O2. The Hall–Kier alpha value is -2.37. The minimum Gasteiger partial charge on any atom is -0.460 e. The fraction of sp³-hybridized carbons (Fsp3) is 0.250. The van der Waals surface area contributed by atoms with Crippen LogP contribution in [0.2, 0.25) is 0 Å². The lowest BCUT2D eigenvalue weighted by Gasteiger charge is -2.09. The first-order valence-corrected chi connectivity index (χ1v) is 5.63. The molecule has 94 valence electrons. The van der Waals surface area contributed by atoms with E-state index in [1.54, 1.807) is 12.3 Å². The summed E-state index contributed by atoms with van der Waals surface area (Å²) in [5, 5.41) is 0. The number of ether oxygens (including phenoxy) is 1. The zero-order chi connectivity index (χ0) is 13.1. The first-order valence-electron chi connectivity index (χ1n) is 5.63. The first-order chi connectivity index (χ1) is 8.65. The summed E-state index contributed by atoms with van der Waals surface area (Å²) in [5.74, 6) is 1.24. The molecule has 2 rings (SSSR count). The lowest BCUT2D eigenvalue weighted by atomic mass is 10.3. The van der Waals surface area contributed by atoms with Crippen molar-refractivity contribution in [2.24, 2.45) is 0 Å². The molecule has 0 aliphatic carbocycles. The van der Waals surface area contributed by atoms with Crippen molar-refractivity contribution in [2.75, 3.05) is 5.73 Å². The predicted octanol–water partition coefficient (Wildman–Crippen LogP) is 1.59. The molecule has 0 atom stereocenters. The van der Waals surface area contributed by atoms with Crippen LogP contribution in [-0.2, 0) is 0 Å². The van der Waals surface area contributed by atoms with Gasteiger partial charge >= 0.3 is 0 Å². The van der Waals surface area contributed by atoms with Crippen LogP contribution < -0.4 is 16.0 Å². The quantitative estimate of drug-likeness (QED) is 0.802. The van der Waals surface area contributed by atoms with Crippen molar-refractivity contribution in [2.45, 2.75) is 20.3 Å². The molecule has 0 saturated heterocycles. The molecule has 0 aromatic carbocycles. The summed E-state index contributed by atoms with van der Waals surface area (Å²) in [6, 6.07) is 1.69. The fourth-order valence-corrected chi connectivity index (χ4v) is 1.54. The molecule has 0 saturated carbocycles. The largest absolute Gasteiger partial charge is 0.460 e. The molecule has 0 spiro atoms. The van der Waals surface area contributed by atoms with Crippen LogP contribution in [0, 0.1) is 0 Å². The van der Waals surface area contributed by atoms with Crippen LogP contribution >= 0.6 is 0 Å². The topological polar surface area (TPSA) is 93.9 Å². The van der Waals surface area contributed by atoms with E-state index >= 15 is 0 Å². The molecule has 6 heteroatoms. The van der Waals surface area contributed by atoms with E-state index in [9.17, 15) is 4.79 Å². The zero-order valence-corrected chi connectivity index (χ0v) is 10.2. The summed E-state index contributed by atoms with van der Waals surface area (Å²) in [4.78, 5) is 21.9. The molecule has 2 aromatic heterocycles. The Bertz CT molecular complexity index is 661. The standard InChI is InChI=1S/C12H14N4O2/c1-3-7(4-2)18-8-5-6-14-11-9(8)15-10(13)12(17)16-11/h3,5-6H,4H2,1-2H3,(H2,13,15)(H,14,16,17)/b7-3+. The van der Waals surface area contributed by atoms with Crippen molar-refractivity contribution < 1.29 is 4.74 Å². The molecule has 18 heavy (non-hydrogen) atoms. The molecule has 2 aromatic rings. The van der Waals surface area contributed by atoms with Crippen molar-refractivity contribution in [1.29, 1.82) is 0 Å². The van der Waals surface area contributed by atoms with Gasteiger partial charge in [0, 0.05) is 18.7 Å². The average Bonchev–Trinajstić information content (AvgIpc) is 2.37. The number of H-pyrrole nitrogens is 1. The number of nitrogens with one attached hydrogen (secondary N) is 1. The number of allylic oxidation sites excluding steroid dienone is 2. The van der Waals surface area contributed by atoms with Gasteiger partial charge in [0.15, 0.2) is 22.7 Å². The summed E-state index contributed by atoms with van der Waals surface area (Å²) in [6.07, 6.45) is 4.19. The number of hydrogen-bond acceptors (Lipinski definition) is 5. The van der Waals surface area contributed by atoms with Gasteiger partial charge in [0.2, 0.25) is 0 Å². The van der Waals surface area contributed by atoms with Gasteiger partial charge in [0.1, 0.15) is 0 Å². The van der Waals surface area contributed by atoms with Gasteiger partial charge in [-0.3, -0.25) is 4.79 Å². The monoisotopic (exact) mass is 246 g/mol. The molecule has 0 amide bonds. The maximum absolute atomic E-state index is 11.3. The summed E-state index contributed by atoms with van der Waals surface area (Å²) < 4.78 is 5.70. The van der Waals surface area contributed by atoms with Gasteiger partial charge in [-0.2, -0.15) is 0 Å². The van der Waals surface area contributed by atoms with Crippen molar-refractivity contribution in [3.8, 4) is 5.75 Å². The molecule has 6 nitrogen and oxygen atoms in total. The lowest BCUT2D eigenvalue weighted by Crippen LogP contribution is -2.14. The van der Waals surface area contributed by atoms with Gasteiger partial charge in [-0.25, -0.2) is 9.97 Å². The van der Waals surface area contributed by atoms with E-state index < -0.39 is 5.56 Å². The van der Waals surface area contributed by atoms with E-state index in [-0.39, 0.29) is 5.82 Å². The van der Waals surface area contributed by atoms with Gasteiger partial charge < -0.3 is 15.5 Å². The van der Waals surface area contributed by atoms with Gasteiger partial charge in [0.05, 0.1) is 5.76 Å². The van der Waals surface area contributed by atoms with Crippen molar-refractivity contribution >= 4 is 17.0 Å². The highest BCUT2D eigenvalue weighted by Gasteiger charge is 2.09.